The fourth-order valence-corrected chi connectivity index (χ4v) is 1.79. The molecule has 94 valence electrons. The first kappa shape index (κ1) is 12.5. The summed E-state index contributed by atoms with van der Waals surface area (Å²) in [5.74, 6) is 0.317. The van der Waals surface area contributed by atoms with Gasteiger partial charge in [-0.05, 0) is 32.9 Å². The van der Waals surface area contributed by atoms with Gasteiger partial charge in [-0.3, -0.25) is 0 Å². The van der Waals surface area contributed by atoms with Crippen molar-refractivity contribution < 1.29 is 4.39 Å². The molecule has 0 radical (unpaired) electrons. The van der Waals surface area contributed by atoms with Crippen LogP contribution in [0.5, 0.6) is 0 Å². The Bertz CT molecular complexity index is 594. The fraction of sp³-hybridized carbons (Fsp3) is 0.286. The number of benzene rings is 1. The van der Waals surface area contributed by atoms with Crippen LogP contribution in [0.15, 0.2) is 18.2 Å². The molecular weight excluding hydrogens is 229 g/mol. The van der Waals surface area contributed by atoms with E-state index in [9.17, 15) is 4.39 Å². The highest BCUT2D eigenvalue weighted by atomic mass is 19.1. The van der Waals surface area contributed by atoms with E-state index >= 15 is 0 Å². The average Bonchev–Trinajstić information content (AvgIpc) is 2.35. The summed E-state index contributed by atoms with van der Waals surface area (Å²) < 4.78 is 13.9. The van der Waals surface area contributed by atoms with E-state index in [0.717, 1.165) is 17.0 Å². The van der Waals surface area contributed by atoms with Gasteiger partial charge in [0, 0.05) is 12.6 Å². The molecule has 1 heterocycles. The molecule has 0 aliphatic heterocycles. The van der Waals surface area contributed by atoms with Gasteiger partial charge < -0.3 is 5.32 Å². The summed E-state index contributed by atoms with van der Waals surface area (Å²) in [5, 5.41) is 2.97. The van der Waals surface area contributed by atoms with E-state index in [0.29, 0.717) is 17.1 Å². The minimum atomic E-state index is -0.283. The van der Waals surface area contributed by atoms with Gasteiger partial charge in [0.1, 0.15) is 11.5 Å². The topological polar surface area (TPSA) is 37.8 Å². The molecule has 1 N–H and O–H groups in total. The average molecular weight is 245 g/mol. The molecule has 0 saturated carbocycles. The first-order chi connectivity index (χ1) is 8.52. The number of rotatable bonds is 2. The lowest BCUT2D eigenvalue weighted by Crippen LogP contribution is -2.03. The van der Waals surface area contributed by atoms with Gasteiger partial charge in [-0.2, -0.15) is 0 Å². The Kier molecular flexibility index (Phi) is 3.28. The standard InChI is InChI=1S/C14H16FN3/c1-8-5-6-12(15)11(7-8)13-14(16-4)18-10(3)9(2)17-13/h5-7H,1-4H3,(H,16,18). The summed E-state index contributed by atoms with van der Waals surface area (Å²) >= 11 is 0. The lowest BCUT2D eigenvalue weighted by Gasteiger charge is -2.11. The molecule has 0 saturated heterocycles. The van der Waals surface area contributed by atoms with Crippen LogP contribution in [0.1, 0.15) is 17.0 Å². The molecule has 2 rings (SSSR count). The van der Waals surface area contributed by atoms with E-state index < -0.39 is 0 Å². The van der Waals surface area contributed by atoms with Crippen molar-refractivity contribution in [2.24, 2.45) is 0 Å². The zero-order valence-corrected chi connectivity index (χ0v) is 11.0. The Morgan fingerprint density at radius 2 is 1.72 bits per heavy atom. The van der Waals surface area contributed by atoms with Crippen LogP contribution in [0, 0.1) is 26.6 Å². The Morgan fingerprint density at radius 3 is 2.39 bits per heavy atom. The molecule has 0 fully saturated rings. The summed E-state index contributed by atoms with van der Waals surface area (Å²) in [7, 11) is 1.76. The Hall–Kier alpha value is -1.97. The third kappa shape index (κ3) is 2.18. The van der Waals surface area contributed by atoms with Crippen LogP contribution in [0.3, 0.4) is 0 Å². The fourth-order valence-electron chi connectivity index (χ4n) is 1.79. The van der Waals surface area contributed by atoms with Crippen LogP contribution in [0.2, 0.25) is 0 Å². The second-order valence-corrected chi connectivity index (χ2v) is 4.32. The van der Waals surface area contributed by atoms with Gasteiger partial charge in [0.05, 0.1) is 11.4 Å². The number of hydrogen-bond acceptors (Lipinski definition) is 3. The van der Waals surface area contributed by atoms with Crippen molar-refractivity contribution >= 4 is 5.82 Å². The summed E-state index contributed by atoms with van der Waals surface area (Å²) in [5.41, 5.74) is 3.69. The second kappa shape index (κ2) is 4.72. The van der Waals surface area contributed by atoms with E-state index in [2.05, 4.69) is 15.3 Å². The smallest absolute Gasteiger partial charge is 0.152 e. The Balaban J connectivity index is 2.69. The highest BCUT2D eigenvalue weighted by Gasteiger charge is 2.14. The van der Waals surface area contributed by atoms with Crippen LogP contribution in [-0.4, -0.2) is 17.0 Å². The molecule has 0 spiro atoms. The van der Waals surface area contributed by atoms with E-state index in [4.69, 9.17) is 0 Å². The zero-order valence-electron chi connectivity index (χ0n) is 11.0. The number of hydrogen-bond donors (Lipinski definition) is 1. The molecule has 3 nitrogen and oxygen atoms in total. The molecule has 0 unspecified atom stereocenters. The van der Waals surface area contributed by atoms with Gasteiger partial charge in [0.25, 0.3) is 0 Å². The number of nitrogens with zero attached hydrogens (tertiary/aromatic N) is 2. The lowest BCUT2D eigenvalue weighted by molar-refractivity contribution is 0.630. The van der Waals surface area contributed by atoms with Gasteiger partial charge in [-0.1, -0.05) is 11.6 Å². The van der Waals surface area contributed by atoms with Crippen molar-refractivity contribution in [2.75, 3.05) is 12.4 Å². The maximum Gasteiger partial charge on any atom is 0.152 e. The van der Waals surface area contributed by atoms with Crippen LogP contribution >= 0.6 is 0 Å². The van der Waals surface area contributed by atoms with Crippen molar-refractivity contribution in [1.29, 1.82) is 0 Å². The second-order valence-electron chi connectivity index (χ2n) is 4.32. The van der Waals surface area contributed by atoms with E-state index in [1.54, 1.807) is 19.2 Å². The molecule has 1 aromatic carbocycles. The molecule has 0 bridgehead atoms. The summed E-state index contributed by atoms with van der Waals surface area (Å²) in [6.07, 6.45) is 0. The molecule has 0 aliphatic carbocycles. The predicted molar refractivity (Wildman–Crippen MR) is 71.2 cm³/mol. The van der Waals surface area contributed by atoms with Crippen LogP contribution in [0.25, 0.3) is 11.3 Å². The molecule has 1 aromatic heterocycles. The first-order valence-electron chi connectivity index (χ1n) is 5.82. The van der Waals surface area contributed by atoms with Crippen molar-refractivity contribution in [3.8, 4) is 11.3 Å². The molecule has 0 amide bonds. The lowest BCUT2D eigenvalue weighted by atomic mass is 10.1. The maximum absolute atomic E-state index is 13.9. The van der Waals surface area contributed by atoms with Crippen LogP contribution < -0.4 is 5.32 Å². The molecular formula is C14H16FN3. The minimum absolute atomic E-state index is 0.283. The molecule has 0 aliphatic rings. The highest BCUT2D eigenvalue weighted by molar-refractivity contribution is 5.72. The van der Waals surface area contributed by atoms with Gasteiger partial charge in [-0.15, -0.1) is 0 Å². The third-order valence-corrected chi connectivity index (χ3v) is 2.92. The number of halogens is 1. The number of aromatic nitrogens is 2. The van der Waals surface area contributed by atoms with E-state index in [1.807, 2.05) is 20.8 Å². The highest BCUT2D eigenvalue weighted by Crippen LogP contribution is 2.28. The Morgan fingerprint density at radius 1 is 1.06 bits per heavy atom. The van der Waals surface area contributed by atoms with Gasteiger partial charge in [0.15, 0.2) is 5.82 Å². The number of aryl methyl sites for hydroxylation is 3. The minimum Gasteiger partial charge on any atom is -0.371 e. The van der Waals surface area contributed by atoms with Gasteiger partial charge >= 0.3 is 0 Å². The molecule has 18 heavy (non-hydrogen) atoms. The normalized spacial score (nSPS) is 10.5. The van der Waals surface area contributed by atoms with Crippen molar-refractivity contribution in [1.82, 2.24) is 9.97 Å². The number of nitrogens with one attached hydrogen (secondary N) is 1. The summed E-state index contributed by atoms with van der Waals surface area (Å²) in [6.45, 7) is 5.69. The molecule has 2 aromatic rings. The van der Waals surface area contributed by atoms with Crippen LogP contribution in [-0.2, 0) is 0 Å². The molecule has 0 atom stereocenters. The third-order valence-electron chi connectivity index (χ3n) is 2.92. The van der Waals surface area contributed by atoms with Crippen molar-refractivity contribution in [2.45, 2.75) is 20.8 Å². The van der Waals surface area contributed by atoms with Gasteiger partial charge in [-0.25, -0.2) is 14.4 Å². The van der Waals surface area contributed by atoms with Gasteiger partial charge in [0.2, 0.25) is 0 Å². The predicted octanol–water partition coefficient (Wildman–Crippen LogP) is 3.25. The quantitative estimate of drug-likeness (QED) is 0.882. The van der Waals surface area contributed by atoms with Crippen molar-refractivity contribution in [3.05, 3.63) is 41.0 Å². The monoisotopic (exact) mass is 245 g/mol. The maximum atomic E-state index is 13.9. The summed E-state index contributed by atoms with van der Waals surface area (Å²) in [6, 6.07) is 4.99. The van der Waals surface area contributed by atoms with E-state index in [-0.39, 0.29) is 5.82 Å². The largest absolute Gasteiger partial charge is 0.371 e. The number of anilines is 1. The van der Waals surface area contributed by atoms with Crippen molar-refractivity contribution in [3.63, 3.8) is 0 Å². The molecule has 4 heteroatoms. The summed E-state index contributed by atoms with van der Waals surface area (Å²) in [4.78, 5) is 8.85. The Labute approximate surface area is 106 Å². The van der Waals surface area contributed by atoms with E-state index in [1.165, 1.54) is 6.07 Å². The SMILES string of the molecule is CNc1nc(C)c(C)nc1-c1cc(C)ccc1F. The first-order valence-corrected chi connectivity index (χ1v) is 5.82. The van der Waals surface area contributed by atoms with Crippen LogP contribution in [0.4, 0.5) is 10.2 Å². The zero-order chi connectivity index (χ0) is 13.3.